The highest BCUT2D eigenvalue weighted by atomic mass is 32.2. The van der Waals surface area contributed by atoms with Gasteiger partial charge >= 0.3 is 0 Å². The van der Waals surface area contributed by atoms with Gasteiger partial charge in [-0.1, -0.05) is 60.3 Å². The van der Waals surface area contributed by atoms with Crippen molar-refractivity contribution in [2.75, 3.05) is 0 Å². The molecule has 0 radical (unpaired) electrons. The van der Waals surface area contributed by atoms with E-state index in [1.54, 1.807) is 18.0 Å². The maximum atomic E-state index is 4.35. The van der Waals surface area contributed by atoms with E-state index in [2.05, 4.69) is 57.6 Å². The van der Waals surface area contributed by atoms with Crippen LogP contribution in [0.2, 0.25) is 0 Å². The minimum Gasteiger partial charge on any atom is -0.304 e. The average molecular weight is 332 g/mol. The molecule has 5 heteroatoms. The van der Waals surface area contributed by atoms with Gasteiger partial charge in [0.1, 0.15) is 5.69 Å². The highest BCUT2D eigenvalue weighted by Crippen LogP contribution is 2.27. The molecule has 2 aromatic heterocycles. The van der Waals surface area contributed by atoms with Gasteiger partial charge in [0.25, 0.3) is 0 Å². The number of rotatable bonds is 4. The Hall–Kier alpha value is -2.66. The van der Waals surface area contributed by atoms with E-state index in [4.69, 9.17) is 0 Å². The lowest BCUT2D eigenvalue weighted by atomic mass is 10.1. The summed E-state index contributed by atoms with van der Waals surface area (Å²) in [5.74, 6) is 1.64. The molecule has 0 atom stereocenters. The first-order chi connectivity index (χ1) is 11.8. The summed E-state index contributed by atoms with van der Waals surface area (Å²) in [5.41, 5.74) is 2.14. The Kier molecular flexibility index (Phi) is 4.01. The maximum Gasteiger partial charge on any atom is 0.191 e. The molecule has 0 saturated carbocycles. The Morgan fingerprint density at radius 1 is 0.917 bits per heavy atom. The van der Waals surface area contributed by atoms with Gasteiger partial charge in [-0.15, -0.1) is 10.2 Å². The van der Waals surface area contributed by atoms with Crippen LogP contribution in [-0.2, 0) is 12.8 Å². The Bertz CT molecular complexity index is 974. The van der Waals surface area contributed by atoms with Crippen LogP contribution in [0.3, 0.4) is 0 Å². The smallest absolute Gasteiger partial charge is 0.191 e. The van der Waals surface area contributed by atoms with Crippen molar-refractivity contribution >= 4 is 22.5 Å². The first-order valence-electron chi connectivity index (χ1n) is 7.73. The van der Waals surface area contributed by atoms with Crippen LogP contribution in [0.4, 0.5) is 0 Å². The molecule has 0 bridgehead atoms. The first kappa shape index (κ1) is 14.9. The van der Waals surface area contributed by atoms with Crippen molar-refractivity contribution in [3.63, 3.8) is 0 Å². The van der Waals surface area contributed by atoms with Crippen LogP contribution in [0, 0.1) is 0 Å². The number of benzene rings is 2. The fraction of sp³-hybridized carbons (Fsp3) is 0.105. The SMILES string of the molecule is Cn1c(SCc2cccc3ccccc23)nnc1-c1ccccn1. The number of pyridine rings is 1. The van der Waals surface area contributed by atoms with Crippen molar-refractivity contribution in [3.05, 3.63) is 72.4 Å². The summed E-state index contributed by atoms with van der Waals surface area (Å²) in [7, 11) is 1.98. The van der Waals surface area contributed by atoms with Gasteiger partial charge in [0.15, 0.2) is 11.0 Å². The largest absolute Gasteiger partial charge is 0.304 e. The predicted octanol–water partition coefficient (Wildman–Crippen LogP) is 4.32. The van der Waals surface area contributed by atoms with E-state index in [9.17, 15) is 0 Å². The zero-order valence-electron chi connectivity index (χ0n) is 13.3. The van der Waals surface area contributed by atoms with E-state index in [0.29, 0.717) is 0 Å². The quantitative estimate of drug-likeness (QED) is 0.522. The molecule has 0 spiro atoms. The zero-order chi connectivity index (χ0) is 16.4. The van der Waals surface area contributed by atoms with Crippen molar-refractivity contribution in [2.45, 2.75) is 10.9 Å². The van der Waals surface area contributed by atoms with Crippen molar-refractivity contribution in [1.29, 1.82) is 0 Å². The Labute approximate surface area is 144 Å². The summed E-state index contributed by atoms with van der Waals surface area (Å²) in [6.45, 7) is 0. The molecule has 0 saturated heterocycles. The fourth-order valence-corrected chi connectivity index (χ4v) is 3.63. The van der Waals surface area contributed by atoms with Gasteiger partial charge in [-0.05, 0) is 28.5 Å². The third-order valence-electron chi connectivity index (χ3n) is 3.97. The third kappa shape index (κ3) is 2.78. The minimum absolute atomic E-state index is 0.788. The van der Waals surface area contributed by atoms with Gasteiger partial charge in [0.05, 0.1) is 0 Å². The maximum absolute atomic E-state index is 4.35. The van der Waals surface area contributed by atoms with E-state index < -0.39 is 0 Å². The van der Waals surface area contributed by atoms with Gasteiger partial charge in [-0.2, -0.15) is 0 Å². The van der Waals surface area contributed by atoms with Crippen molar-refractivity contribution in [1.82, 2.24) is 19.7 Å². The molecule has 0 aliphatic heterocycles. The highest BCUT2D eigenvalue weighted by Gasteiger charge is 2.12. The van der Waals surface area contributed by atoms with E-state index in [1.165, 1.54) is 16.3 Å². The zero-order valence-corrected chi connectivity index (χ0v) is 14.1. The monoisotopic (exact) mass is 332 g/mol. The molecule has 0 aliphatic rings. The van der Waals surface area contributed by atoms with Crippen LogP contribution in [0.25, 0.3) is 22.3 Å². The highest BCUT2D eigenvalue weighted by molar-refractivity contribution is 7.98. The van der Waals surface area contributed by atoms with Crippen LogP contribution in [0.5, 0.6) is 0 Å². The van der Waals surface area contributed by atoms with Gasteiger partial charge in [-0.3, -0.25) is 4.98 Å². The van der Waals surface area contributed by atoms with Gasteiger partial charge in [0, 0.05) is 19.0 Å². The molecule has 24 heavy (non-hydrogen) atoms. The molecule has 2 aromatic carbocycles. The Morgan fingerprint density at radius 2 is 1.75 bits per heavy atom. The van der Waals surface area contributed by atoms with E-state index in [0.717, 1.165) is 22.4 Å². The molecule has 4 nitrogen and oxygen atoms in total. The summed E-state index contributed by atoms with van der Waals surface area (Å²) in [4.78, 5) is 4.35. The summed E-state index contributed by atoms with van der Waals surface area (Å²) >= 11 is 1.69. The average Bonchev–Trinajstić information content (AvgIpc) is 3.01. The van der Waals surface area contributed by atoms with Crippen molar-refractivity contribution in [3.8, 4) is 11.5 Å². The van der Waals surface area contributed by atoms with Gasteiger partial charge in [0.2, 0.25) is 0 Å². The Balaban J connectivity index is 1.59. The number of thioether (sulfide) groups is 1. The molecular weight excluding hydrogens is 316 g/mol. The van der Waals surface area contributed by atoms with Crippen molar-refractivity contribution < 1.29 is 0 Å². The molecule has 0 unspecified atom stereocenters. The van der Waals surface area contributed by atoms with Crippen LogP contribution >= 0.6 is 11.8 Å². The first-order valence-corrected chi connectivity index (χ1v) is 8.72. The lowest BCUT2D eigenvalue weighted by Gasteiger charge is -2.06. The lowest BCUT2D eigenvalue weighted by molar-refractivity contribution is 0.792. The second-order valence-electron chi connectivity index (χ2n) is 5.51. The number of hydrogen-bond acceptors (Lipinski definition) is 4. The number of fused-ring (bicyclic) bond motifs is 1. The molecular formula is C19H16N4S. The fourth-order valence-electron chi connectivity index (χ4n) is 2.72. The van der Waals surface area contributed by atoms with Crippen LogP contribution in [-0.4, -0.2) is 19.7 Å². The lowest BCUT2D eigenvalue weighted by Crippen LogP contribution is -1.96. The normalized spacial score (nSPS) is 11.0. The predicted molar refractivity (Wildman–Crippen MR) is 97.7 cm³/mol. The second kappa shape index (κ2) is 6.45. The third-order valence-corrected chi connectivity index (χ3v) is 5.03. The molecule has 0 fully saturated rings. The topological polar surface area (TPSA) is 43.6 Å². The van der Waals surface area contributed by atoms with Gasteiger partial charge < -0.3 is 4.57 Å². The summed E-state index contributed by atoms with van der Waals surface area (Å²) in [6.07, 6.45) is 1.77. The number of nitrogens with zero attached hydrogens (tertiary/aromatic N) is 4. The van der Waals surface area contributed by atoms with Crippen LogP contribution < -0.4 is 0 Å². The van der Waals surface area contributed by atoms with E-state index >= 15 is 0 Å². The van der Waals surface area contributed by atoms with E-state index in [1.807, 2.05) is 29.8 Å². The molecule has 0 amide bonds. The molecule has 2 heterocycles. The van der Waals surface area contributed by atoms with Gasteiger partial charge in [-0.25, -0.2) is 0 Å². The molecule has 0 aliphatic carbocycles. The van der Waals surface area contributed by atoms with Crippen LogP contribution in [0.1, 0.15) is 5.56 Å². The molecule has 4 rings (SSSR count). The standard InChI is InChI=1S/C19H16N4S/c1-23-18(17-11-4-5-12-20-17)21-22-19(23)24-13-15-9-6-8-14-7-2-3-10-16(14)15/h2-12H,13H2,1H3. The molecule has 118 valence electrons. The summed E-state index contributed by atoms with van der Waals surface area (Å²) in [5, 5.41) is 12.1. The second-order valence-corrected chi connectivity index (χ2v) is 6.45. The summed E-state index contributed by atoms with van der Waals surface area (Å²) < 4.78 is 2.00. The van der Waals surface area contributed by atoms with E-state index in [-0.39, 0.29) is 0 Å². The number of aromatic nitrogens is 4. The molecule has 0 N–H and O–H groups in total. The summed E-state index contributed by atoms with van der Waals surface area (Å²) in [6, 6.07) is 20.7. The number of hydrogen-bond donors (Lipinski definition) is 0. The molecule has 4 aromatic rings. The minimum atomic E-state index is 0.788. The van der Waals surface area contributed by atoms with Crippen LogP contribution in [0.15, 0.2) is 72.0 Å². The Morgan fingerprint density at radius 3 is 2.62 bits per heavy atom. The van der Waals surface area contributed by atoms with Crippen molar-refractivity contribution in [2.24, 2.45) is 7.05 Å².